The Morgan fingerprint density at radius 2 is 2.00 bits per heavy atom. The van der Waals surface area contributed by atoms with E-state index in [1.54, 1.807) is 36.5 Å². The largest absolute Gasteiger partial charge is 0.478 e. The van der Waals surface area contributed by atoms with Crippen molar-refractivity contribution in [3.63, 3.8) is 0 Å². The van der Waals surface area contributed by atoms with Gasteiger partial charge in [0.15, 0.2) is 0 Å². The Bertz CT molecular complexity index is 1070. The van der Waals surface area contributed by atoms with E-state index >= 15 is 0 Å². The van der Waals surface area contributed by atoms with Gasteiger partial charge in [-0.1, -0.05) is 30.3 Å². The van der Waals surface area contributed by atoms with Gasteiger partial charge in [-0.05, 0) is 17.7 Å². The molecule has 3 rings (SSSR count). The minimum Gasteiger partial charge on any atom is -0.478 e. The van der Waals surface area contributed by atoms with Crippen LogP contribution in [0.15, 0.2) is 48.8 Å². The maximum Gasteiger partial charge on any atom is 0.336 e. The fourth-order valence-electron chi connectivity index (χ4n) is 2.45. The number of nitrogens with one attached hydrogen (secondary N) is 2. The summed E-state index contributed by atoms with van der Waals surface area (Å²) in [4.78, 5) is 18.7. The molecule has 3 aromatic rings. The Morgan fingerprint density at radius 1 is 1.28 bits per heavy atom. The molecule has 0 spiro atoms. The zero-order chi connectivity index (χ0) is 18.0. The molecular weight excluding hydrogens is 342 g/mol. The van der Waals surface area contributed by atoms with Crippen molar-refractivity contribution in [1.29, 1.82) is 0 Å². The summed E-state index contributed by atoms with van der Waals surface area (Å²) >= 11 is 0. The second-order valence-electron chi connectivity index (χ2n) is 5.47. The van der Waals surface area contributed by atoms with Gasteiger partial charge in [0.05, 0.1) is 23.7 Å². The molecule has 0 bridgehead atoms. The molecule has 0 saturated carbocycles. The maximum absolute atomic E-state index is 11.6. The normalized spacial score (nSPS) is 12.3. The molecule has 0 unspecified atom stereocenters. The number of benzene rings is 1. The predicted octanol–water partition coefficient (Wildman–Crippen LogP) is 2.56. The molecule has 0 radical (unpaired) electrons. The molecule has 0 saturated heterocycles. The van der Waals surface area contributed by atoms with E-state index in [-0.39, 0.29) is 5.57 Å². The van der Waals surface area contributed by atoms with Gasteiger partial charge in [0.25, 0.3) is 0 Å². The Hall–Kier alpha value is -3.13. The minimum absolute atomic E-state index is 0.128. The van der Waals surface area contributed by atoms with Crippen molar-refractivity contribution in [2.75, 3.05) is 11.0 Å². The molecular formula is C17H15N3O4S. The summed E-state index contributed by atoms with van der Waals surface area (Å²) in [5.41, 5.74) is 2.13. The van der Waals surface area contributed by atoms with E-state index in [0.717, 1.165) is 6.26 Å². The second kappa shape index (κ2) is 6.40. The van der Waals surface area contributed by atoms with Crippen molar-refractivity contribution >= 4 is 44.4 Å². The van der Waals surface area contributed by atoms with E-state index in [2.05, 4.69) is 14.7 Å². The summed E-state index contributed by atoms with van der Waals surface area (Å²) in [5, 5.41) is 10.1. The van der Waals surface area contributed by atoms with Crippen LogP contribution >= 0.6 is 0 Å². The number of H-pyrrole nitrogens is 1. The number of hydrogen-bond donors (Lipinski definition) is 3. The van der Waals surface area contributed by atoms with Crippen LogP contribution in [0, 0.1) is 0 Å². The third kappa shape index (κ3) is 3.86. The first-order valence-electron chi connectivity index (χ1n) is 7.29. The van der Waals surface area contributed by atoms with E-state index in [4.69, 9.17) is 0 Å². The zero-order valence-electron chi connectivity index (χ0n) is 13.2. The predicted molar refractivity (Wildman–Crippen MR) is 96.5 cm³/mol. The molecule has 0 atom stereocenters. The van der Waals surface area contributed by atoms with Crippen molar-refractivity contribution in [1.82, 2.24) is 9.97 Å². The molecule has 2 heterocycles. The number of nitrogens with zero attached hydrogens (tertiary/aromatic N) is 1. The lowest BCUT2D eigenvalue weighted by molar-refractivity contribution is -0.130. The first-order chi connectivity index (χ1) is 11.8. The zero-order valence-corrected chi connectivity index (χ0v) is 14.0. The molecule has 0 aliphatic rings. The number of hydrogen-bond acceptors (Lipinski definition) is 4. The van der Waals surface area contributed by atoms with Gasteiger partial charge >= 0.3 is 5.97 Å². The summed E-state index contributed by atoms with van der Waals surface area (Å²) in [6.45, 7) is 0. The number of aromatic nitrogens is 2. The van der Waals surface area contributed by atoms with Gasteiger partial charge in [0.1, 0.15) is 5.65 Å². The van der Waals surface area contributed by atoms with Gasteiger partial charge in [-0.25, -0.2) is 18.2 Å². The Labute approximate surface area is 144 Å². The second-order valence-corrected chi connectivity index (χ2v) is 7.22. The van der Waals surface area contributed by atoms with Crippen LogP contribution in [0.2, 0.25) is 0 Å². The van der Waals surface area contributed by atoms with Crippen LogP contribution in [0.5, 0.6) is 0 Å². The fourth-order valence-corrected chi connectivity index (χ4v) is 2.99. The van der Waals surface area contributed by atoms with Crippen LogP contribution < -0.4 is 4.72 Å². The number of anilines is 1. The van der Waals surface area contributed by atoms with Crippen molar-refractivity contribution < 1.29 is 18.3 Å². The number of rotatable bonds is 5. The number of carboxylic acid groups (broad SMARTS) is 1. The number of aromatic amines is 1. The number of fused-ring (bicyclic) bond motifs is 1. The van der Waals surface area contributed by atoms with Crippen molar-refractivity contribution in [2.45, 2.75) is 0 Å². The standard InChI is InChI=1S/C17H15N3O4S/c1-25(23,24)20-13-8-14-12(9-18-16(14)19-10-13)7-15(17(21)22)11-5-3-2-4-6-11/h2-10,20H,1H3,(H,18,19)(H,21,22). The number of sulfonamides is 1. The van der Waals surface area contributed by atoms with Crippen LogP contribution in [0.4, 0.5) is 5.69 Å². The van der Waals surface area contributed by atoms with E-state index in [9.17, 15) is 18.3 Å². The lowest BCUT2D eigenvalue weighted by Crippen LogP contribution is -2.09. The summed E-state index contributed by atoms with van der Waals surface area (Å²) in [7, 11) is -3.43. The summed E-state index contributed by atoms with van der Waals surface area (Å²) in [6.07, 6.45) is 5.60. The van der Waals surface area contributed by atoms with E-state index in [0.29, 0.717) is 27.8 Å². The van der Waals surface area contributed by atoms with Crippen LogP contribution in [0.25, 0.3) is 22.7 Å². The van der Waals surface area contributed by atoms with Crippen LogP contribution in [0.3, 0.4) is 0 Å². The molecule has 1 aromatic carbocycles. The molecule has 0 fully saturated rings. The molecule has 0 amide bonds. The third-order valence-corrected chi connectivity index (χ3v) is 4.09. The highest BCUT2D eigenvalue weighted by molar-refractivity contribution is 7.92. The molecule has 0 aliphatic carbocycles. The summed E-state index contributed by atoms with van der Waals surface area (Å²) in [6, 6.07) is 10.4. The van der Waals surface area contributed by atoms with Gasteiger partial charge in [0.2, 0.25) is 10.0 Å². The monoisotopic (exact) mass is 357 g/mol. The van der Waals surface area contributed by atoms with Crippen LogP contribution in [-0.2, 0) is 14.8 Å². The Kier molecular flexibility index (Phi) is 4.28. The lowest BCUT2D eigenvalue weighted by Gasteiger charge is -2.04. The van der Waals surface area contributed by atoms with Crippen molar-refractivity contribution in [3.05, 3.63) is 59.9 Å². The maximum atomic E-state index is 11.6. The van der Waals surface area contributed by atoms with E-state index in [1.165, 1.54) is 12.3 Å². The van der Waals surface area contributed by atoms with Crippen LogP contribution in [-0.4, -0.2) is 35.7 Å². The summed E-state index contributed by atoms with van der Waals surface area (Å²) in [5.74, 6) is -1.06. The minimum atomic E-state index is -3.43. The smallest absolute Gasteiger partial charge is 0.336 e. The molecule has 3 N–H and O–H groups in total. The van der Waals surface area contributed by atoms with E-state index in [1.807, 2.05) is 6.07 Å². The number of carboxylic acids is 1. The first-order valence-corrected chi connectivity index (χ1v) is 9.18. The van der Waals surface area contributed by atoms with Crippen molar-refractivity contribution in [3.8, 4) is 0 Å². The highest BCUT2D eigenvalue weighted by Gasteiger charge is 2.13. The Balaban J connectivity index is 2.11. The highest BCUT2D eigenvalue weighted by Crippen LogP contribution is 2.25. The molecule has 128 valence electrons. The summed E-state index contributed by atoms with van der Waals surface area (Å²) < 4.78 is 25.1. The molecule has 25 heavy (non-hydrogen) atoms. The van der Waals surface area contributed by atoms with Gasteiger partial charge in [0, 0.05) is 17.1 Å². The molecule has 7 nitrogen and oxygen atoms in total. The SMILES string of the molecule is CS(=O)(=O)Nc1cnc2[nH]cc(C=C(C(=O)O)c3ccccc3)c2c1. The van der Waals surface area contributed by atoms with Crippen molar-refractivity contribution in [2.24, 2.45) is 0 Å². The number of pyridine rings is 1. The van der Waals surface area contributed by atoms with Gasteiger partial charge in [-0.15, -0.1) is 0 Å². The highest BCUT2D eigenvalue weighted by atomic mass is 32.2. The third-order valence-electron chi connectivity index (χ3n) is 3.48. The average Bonchev–Trinajstić information content (AvgIpc) is 2.94. The quantitative estimate of drug-likeness (QED) is 0.608. The lowest BCUT2D eigenvalue weighted by atomic mass is 10.0. The number of carbonyl (C=O) groups is 1. The topological polar surface area (TPSA) is 112 Å². The van der Waals surface area contributed by atoms with Gasteiger partial charge in [-0.3, -0.25) is 4.72 Å². The van der Waals surface area contributed by atoms with E-state index < -0.39 is 16.0 Å². The first kappa shape index (κ1) is 16.7. The average molecular weight is 357 g/mol. The van der Waals surface area contributed by atoms with Gasteiger partial charge in [-0.2, -0.15) is 0 Å². The molecule has 8 heteroatoms. The van der Waals surface area contributed by atoms with Crippen LogP contribution in [0.1, 0.15) is 11.1 Å². The van der Waals surface area contributed by atoms with Gasteiger partial charge < -0.3 is 10.1 Å². The molecule has 0 aliphatic heterocycles. The molecule has 2 aromatic heterocycles. The number of aliphatic carboxylic acids is 1. The Morgan fingerprint density at radius 3 is 2.64 bits per heavy atom. The fraction of sp³-hybridized carbons (Fsp3) is 0.0588.